The van der Waals surface area contributed by atoms with E-state index in [9.17, 15) is 4.79 Å². The predicted molar refractivity (Wildman–Crippen MR) is 94.3 cm³/mol. The maximum atomic E-state index is 12.1. The predicted octanol–water partition coefficient (Wildman–Crippen LogP) is 2.58. The molecule has 0 bridgehead atoms. The molecule has 0 aromatic carbocycles. The molecule has 6 nitrogen and oxygen atoms in total. The molecule has 4 rings (SSSR count). The van der Waals surface area contributed by atoms with Crippen LogP contribution in [0.5, 0.6) is 0 Å². The van der Waals surface area contributed by atoms with Crippen LogP contribution in [-0.4, -0.2) is 65.4 Å². The molecule has 3 fully saturated rings. The van der Waals surface area contributed by atoms with Crippen LogP contribution < -0.4 is 4.90 Å². The summed E-state index contributed by atoms with van der Waals surface area (Å²) in [6.07, 6.45) is 12.2. The molecule has 6 heteroatoms. The SMILES string of the molecule is CN1CCN(c2cnn(C3CCN(CC4CCCCC4)C3)c2)C1=O. The number of carbonyl (C=O) groups excluding carboxylic acids is 1. The fourth-order valence-corrected chi connectivity index (χ4v) is 4.48. The van der Waals surface area contributed by atoms with Gasteiger partial charge in [-0.25, -0.2) is 4.79 Å². The second-order valence-corrected chi connectivity index (χ2v) is 7.74. The minimum absolute atomic E-state index is 0.0832. The summed E-state index contributed by atoms with van der Waals surface area (Å²) in [5, 5.41) is 4.56. The van der Waals surface area contributed by atoms with Gasteiger partial charge >= 0.3 is 6.03 Å². The van der Waals surface area contributed by atoms with Crippen molar-refractivity contribution >= 4 is 11.7 Å². The third-order valence-electron chi connectivity index (χ3n) is 5.98. The highest BCUT2D eigenvalue weighted by atomic mass is 16.2. The van der Waals surface area contributed by atoms with Crippen LogP contribution in [0.3, 0.4) is 0 Å². The summed E-state index contributed by atoms with van der Waals surface area (Å²) in [7, 11) is 1.85. The first-order valence-corrected chi connectivity index (χ1v) is 9.50. The first kappa shape index (κ1) is 15.9. The molecule has 1 aromatic rings. The Bertz CT molecular complexity index is 580. The maximum absolute atomic E-state index is 12.1. The number of hydrogen-bond acceptors (Lipinski definition) is 3. The average Bonchev–Trinajstić information content (AvgIpc) is 3.30. The highest BCUT2D eigenvalue weighted by molar-refractivity contribution is 5.93. The zero-order valence-corrected chi connectivity index (χ0v) is 14.7. The first-order chi connectivity index (χ1) is 11.7. The molecule has 1 unspecified atom stereocenters. The molecule has 2 aliphatic heterocycles. The van der Waals surface area contributed by atoms with Crippen LogP contribution >= 0.6 is 0 Å². The van der Waals surface area contributed by atoms with Gasteiger partial charge in [0.05, 0.1) is 17.9 Å². The third kappa shape index (κ3) is 3.16. The van der Waals surface area contributed by atoms with Gasteiger partial charge in [-0.3, -0.25) is 9.58 Å². The topological polar surface area (TPSA) is 44.6 Å². The van der Waals surface area contributed by atoms with Gasteiger partial charge in [0.15, 0.2) is 0 Å². The zero-order chi connectivity index (χ0) is 16.5. The van der Waals surface area contributed by atoms with Gasteiger partial charge in [0.1, 0.15) is 0 Å². The lowest BCUT2D eigenvalue weighted by molar-refractivity contribution is 0.227. The molecule has 0 radical (unpaired) electrons. The first-order valence-electron chi connectivity index (χ1n) is 9.50. The highest BCUT2D eigenvalue weighted by Crippen LogP contribution is 2.29. The van der Waals surface area contributed by atoms with Gasteiger partial charge in [-0.05, 0) is 25.2 Å². The molecular weight excluding hydrogens is 302 g/mol. The quantitative estimate of drug-likeness (QED) is 0.852. The van der Waals surface area contributed by atoms with Crippen LogP contribution in [0.1, 0.15) is 44.6 Å². The Morgan fingerprint density at radius 1 is 1.12 bits per heavy atom. The van der Waals surface area contributed by atoms with Gasteiger partial charge in [0.2, 0.25) is 0 Å². The Morgan fingerprint density at radius 2 is 1.96 bits per heavy atom. The Balaban J connectivity index is 1.34. The monoisotopic (exact) mass is 331 g/mol. The number of likely N-dealkylation sites (tertiary alicyclic amines) is 1. The molecule has 3 aliphatic rings. The van der Waals surface area contributed by atoms with Crippen LogP contribution in [0, 0.1) is 5.92 Å². The van der Waals surface area contributed by atoms with Crippen molar-refractivity contribution in [3.8, 4) is 0 Å². The van der Waals surface area contributed by atoms with E-state index in [4.69, 9.17) is 0 Å². The van der Waals surface area contributed by atoms with Crippen molar-refractivity contribution in [2.24, 2.45) is 5.92 Å². The molecule has 2 amide bonds. The molecule has 132 valence electrons. The number of hydrogen-bond donors (Lipinski definition) is 0. The van der Waals surface area contributed by atoms with Gasteiger partial charge in [-0.2, -0.15) is 5.10 Å². The second-order valence-electron chi connectivity index (χ2n) is 7.74. The summed E-state index contributed by atoms with van der Waals surface area (Å²) in [6, 6.07) is 0.540. The molecule has 0 spiro atoms. The maximum Gasteiger partial charge on any atom is 0.324 e. The van der Waals surface area contributed by atoms with Gasteiger partial charge in [0.25, 0.3) is 0 Å². The molecule has 1 atom stereocenters. The lowest BCUT2D eigenvalue weighted by Crippen LogP contribution is -2.29. The number of rotatable bonds is 4. The van der Waals surface area contributed by atoms with Crippen molar-refractivity contribution in [1.82, 2.24) is 19.6 Å². The number of amides is 2. The number of carbonyl (C=O) groups is 1. The van der Waals surface area contributed by atoms with E-state index in [0.717, 1.165) is 31.2 Å². The van der Waals surface area contributed by atoms with E-state index in [1.165, 1.54) is 51.6 Å². The average molecular weight is 331 g/mol. The molecule has 24 heavy (non-hydrogen) atoms. The van der Waals surface area contributed by atoms with Crippen molar-refractivity contribution < 1.29 is 4.79 Å². The molecule has 1 aliphatic carbocycles. The van der Waals surface area contributed by atoms with Gasteiger partial charge in [-0.15, -0.1) is 0 Å². The van der Waals surface area contributed by atoms with E-state index in [2.05, 4.69) is 20.9 Å². The van der Waals surface area contributed by atoms with Crippen LogP contribution in [0.15, 0.2) is 12.4 Å². The fraction of sp³-hybridized carbons (Fsp3) is 0.778. The Hall–Kier alpha value is -1.56. The van der Waals surface area contributed by atoms with Crippen LogP contribution in [0.4, 0.5) is 10.5 Å². The minimum atomic E-state index is 0.0832. The van der Waals surface area contributed by atoms with E-state index in [1.807, 2.05) is 18.1 Å². The fourth-order valence-electron chi connectivity index (χ4n) is 4.48. The van der Waals surface area contributed by atoms with Crippen LogP contribution in [0.25, 0.3) is 0 Å². The minimum Gasteiger partial charge on any atom is -0.326 e. The van der Waals surface area contributed by atoms with E-state index < -0.39 is 0 Å². The molecule has 1 saturated carbocycles. The molecule has 2 saturated heterocycles. The number of aromatic nitrogens is 2. The van der Waals surface area contributed by atoms with Crippen molar-refractivity contribution in [2.45, 2.75) is 44.6 Å². The van der Waals surface area contributed by atoms with E-state index in [0.29, 0.717) is 6.04 Å². The molecular formula is C18H29N5O. The summed E-state index contributed by atoms with van der Waals surface area (Å²) in [6.45, 7) is 5.11. The lowest BCUT2D eigenvalue weighted by Gasteiger charge is -2.26. The second kappa shape index (κ2) is 6.75. The number of nitrogens with zero attached hydrogens (tertiary/aromatic N) is 5. The molecule has 3 heterocycles. The van der Waals surface area contributed by atoms with Gasteiger partial charge in [-0.1, -0.05) is 19.3 Å². The largest absolute Gasteiger partial charge is 0.326 e. The van der Waals surface area contributed by atoms with E-state index >= 15 is 0 Å². The Labute approximate surface area is 144 Å². The van der Waals surface area contributed by atoms with E-state index in [-0.39, 0.29) is 6.03 Å². The molecule has 0 N–H and O–H groups in total. The zero-order valence-electron chi connectivity index (χ0n) is 14.7. The number of likely N-dealkylation sites (N-methyl/N-ethyl adjacent to an activating group) is 1. The number of anilines is 1. The summed E-state index contributed by atoms with van der Waals surface area (Å²) < 4.78 is 2.09. The van der Waals surface area contributed by atoms with Crippen LogP contribution in [-0.2, 0) is 0 Å². The van der Waals surface area contributed by atoms with Gasteiger partial charge in [0, 0.05) is 46.0 Å². The van der Waals surface area contributed by atoms with E-state index in [1.54, 1.807) is 4.90 Å². The van der Waals surface area contributed by atoms with Crippen molar-refractivity contribution in [2.75, 3.05) is 44.7 Å². The normalized spacial score (nSPS) is 26.7. The number of urea groups is 1. The summed E-state index contributed by atoms with van der Waals surface area (Å²) in [5.41, 5.74) is 0.940. The summed E-state index contributed by atoms with van der Waals surface area (Å²) in [4.78, 5) is 18.3. The lowest BCUT2D eigenvalue weighted by atomic mass is 9.89. The van der Waals surface area contributed by atoms with Crippen molar-refractivity contribution in [1.29, 1.82) is 0 Å². The highest BCUT2D eigenvalue weighted by Gasteiger charge is 2.30. The van der Waals surface area contributed by atoms with Crippen LogP contribution in [0.2, 0.25) is 0 Å². The Morgan fingerprint density at radius 3 is 2.71 bits per heavy atom. The smallest absolute Gasteiger partial charge is 0.324 e. The van der Waals surface area contributed by atoms with Gasteiger partial charge < -0.3 is 9.80 Å². The standard InChI is InChI=1S/C18H29N5O/c1-20-9-10-22(18(20)24)17-11-19-23(14-17)16-7-8-21(13-16)12-15-5-3-2-4-6-15/h11,14-16H,2-10,12-13H2,1H3. The van der Waals surface area contributed by atoms with Crippen molar-refractivity contribution in [3.05, 3.63) is 12.4 Å². The third-order valence-corrected chi connectivity index (χ3v) is 5.98. The van der Waals surface area contributed by atoms with Crippen molar-refractivity contribution in [3.63, 3.8) is 0 Å². The summed E-state index contributed by atoms with van der Waals surface area (Å²) in [5.74, 6) is 0.906. The Kier molecular flexibility index (Phi) is 4.48. The summed E-state index contributed by atoms with van der Waals surface area (Å²) >= 11 is 0. The molecule has 1 aromatic heterocycles.